The summed E-state index contributed by atoms with van der Waals surface area (Å²) >= 11 is 0. The first kappa shape index (κ1) is 18.2. The second kappa shape index (κ2) is 9.24. The van der Waals surface area contributed by atoms with Gasteiger partial charge in [0.1, 0.15) is 0 Å². The van der Waals surface area contributed by atoms with Crippen molar-refractivity contribution in [1.29, 1.82) is 0 Å². The molecule has 1 heterocycles. The van der Waals surface area contributed by atoms with Gasteiger partial charge in [-0.05, 0) is 49.1 Å². The minimum absolute atomic E-state index is 0.445. The number of nitrogens with zero attached hydrogens (tertiary/aromatic N) is 2. The van der Waals surface area contributed by atoms with Crippen LogP contribution in [0.5, 0.6) is 0 Å². The molecule has 1 aromatic heterocycles. The SMILES string of the molecule is CCCCC(CC)(CCc1cnn(C)c1)CNCC(C)C. The maximum atomic E-state index is 4.29. The average molecular weight is 293 g/mol. The highest BCUT2D eigenvalue weighted by Gasteiger charge is 2.27. The standard InChI is InChI=1S/C18H35N3/c1-6-8-10-18(7-2,15-19-12-16(3)4)11-9-17-13-20-21(5)14-17/h13-14,16,19H,6-12,15H2,1-5H3. The lowest BCUT2D eigenvalue weighted by Crippen LogP contribution is -2.36. The van der Waals surface area contributed by atoms with Gasteiger partial charge in [0.2, 0.25) is 0 Å². The number of aryl methyl sites for hydroxylation is 2. The highest BCUT2D eigenvalue weighted by molar-refractivity contribution is 5.04. The van der Waals surface area contributed by atoms with Crippen molar-refractivity contribution in [2.75, 3.05) is 13.1 Å². The van der Waals surface area contributed by atoms with E-state index in [1.165, 1.54) is 37.7 Å². The molecule has 1 atom stereocenters. The molecule has 0 aromatic carbocycles. The van der Waals surface area contributed by atoms with Crippen LogP contribution < -0.4 is 5.32 Å². The van der Waals surface area contributed by atoms with E-state index in [2.05, 4.69) is 44.3 Å². The topological polar surface area (TPSA) is 29.9 Å². The van der Waals surface area contributed by atoms with E-state index in [0.29, 0.717) is 5.41 Å². The van der Waals surface area contributed by atoms with Crippen LogP contribution in [0.2, 0.25) is 0 Å². The van der Waals surface area contributed by atoms with Crippen LogP contribution in [0.3, 0.4) is 0 Å². The Hall–Kier alpha value is -0.830. The molecule has 1 aromatic rings. The predicted molar refractivity (Wildman–Crippen MR) is 91.5 cm³/mol. The first-order valence-electron chi connectivity index (χ1n) is 8.69. The van der Waals surface area contributed by atoms with Crippen molar-refractivity contribution in [3.8, 4) is 0 Å². The van der Waals surface area contributed by atoms with Crippen molar-refractivity contribution >= 4 is 0 Å². The molecule has 3 nitrogen and oxygen atoms in total. The van der Waals surface area contributed by atoms with Gasteiger partial charge in [0.25, 0.3) is 0 Å². The zero-order valence-electron chi connectivity index (χ0n) is 14.8. The summed E-state index contributed by atoms with van der Waals surface area (Å²) in [6.07, 6.45) is 11.8. The highest BCUT2D eigenvalue weighted by Crippen LogP contribution is 2.33. The Morgan fingerprint density at radius 1 is 1.29 bits per heavy atom. The Labute approximate surface area is 131 Å². The summed E-state index contributed by atoms with van der Waals surface area (Å²) in [5.74, 6) is 0.726. The molecule has 122 valence electrons. The Morgan fingerprint density at radius 3 is 2.57 bits per heavy atom. The fourth-order valence-corrected chi connectivity index (χ4v) is 2.97. The summed E-state index contributed by atoms with van der Waals surface area (Å²) in [5, 5.41) is 8.00. The molecule has 1 unspecified atom stereocenters. The number of rotatable bonds is 11. The summed E-state index contributed by atoms with van der Waals surface area (Å²) in [6.45, 7) is 11.5. The van der Waals surface area contributed by atoms with E-state index in [4.69, 9.17) is 0 Å². The molecular weight excluding hydrogens is 258 g/mol. The number of aromatic nitrogens is 2. The lowest BCUT2D eigenvalue weighted by molar-refractivity contribution is 0.209. The first-order valence-corrected chi connectivity index (χ1v) is 8.69. The molecule has 0 saturated carbocycles. The van der Waals surface area contributed by atoms with Crippen molar-refractivity contribution in [3.63, 3.8) is 0 Å². The summed E-state index contributed by atoms with van der Waals surface area (Å²) in [4.78, 5) is 0. The van der Waals surface area contributed by atoms with Crippen molar-refractivity contribution in [2.45, 2.75) is 66.2 Å². The molecule has 1 rings (SSSR count). The van der Waals surface area contributed by atoms with Crippen LogP contribution in [0.25, 0.3) is 0 Å². The van der Waals surface area contributed by atoms with Gasteiger partial charge in [-0.25, -0.2) is 0 Å². The van der Waals surface area contributed by atoms with Gasteiger partial charge in [-0.3, -0.25) is 4.68 Å². The minimum atomic E-state index is 0.445. The smallest absolute Gasteiger partial charge is 0.0521 e. The zero-order chi connectivity index (χ0) is 15.7. The Bertz CT molecular complexity index is 384. The third-order valence-corrected chi connectivity index (χ3v) is 4.57. The lowest BCUT2D eigenvalue weighted by atomic mass is 9.75. The van der Waals surface area contributed by atoms with E-state index in [-0.39, 0.29) is 0 Å². The molecule has 0 aliphatic carbocycles. The van der Waals surface area contributed by atoms with Gasteiger partial charge in [-0.2, -0.15) is 5.10 Å². The molecule has 0 amide bonds. The van der Waals surface area contributed by atoms with Gasteiger partial charge in [0.15, 0.2) is 0 Å². The monoisotopic (exact) mass is 293 g/mol. The zero-order valence-corrected chi connectivity index (χ0v) is 14.8. The van der Waals surface area contributed by atoms with Crippen LogP contribution in [0.4, 0.5) is 0 Å². The van der Waals surface area contributed by atoms with E-state index in [9.17, 15) is 0 Å². The Balaban J connectivity index is 2.59. The van der Waals surface area contributed by atoms with Gasteiger partial charge >= 0.3 is 0 Å². The van der Waals surface area contributed by atoms with Gasteiger partial charge in [-0.1, -0.05) is 40.5 Å². The van der Waals surface area contributed by atoms with E-state index >= 15 is 0 Å². The van der Waals surface area contributed by atoms with Gasteiger partial charge in [0.05, 0.1) is 6.20 Å². The van der Waals surface area contributed by atoms with Crippen LogP contribution in [-0.4, -0.2) is 22.9 Å². The summed E-state index contributed by atoms with van der Waals surface area (Å²) in [5.41, 5.74) is 1.82. The molecule has 0 bridgehead atoms. The fourth-order valence-electron chi connectivity index (χ4n) is 2.97. The molecule has 21 heavy (non-hydrogen) atoms. The summed E-state index contributed by atoms with van der Waals surface area (Å²) in [7, 11) is 2.00. The van der Waals surface area contributed by atoms with E-state index < -0.39 is 0 Å². The van der Waals surface area contributed by atoms with Crippen LogP contribution >= 0.6 is 0 Å². The van der Waals surface area contributed by atoms with E-state index in [1.807, 2.05) is 17.9 Å². The van der Waals surface area contributed by atoms with Crippen LogP contribution in [0.15, 0.2) is 12.4 Å². The Kier molecular flexibility index (Phi) is 8.02. The molecule has 0 fully saturated rings. The molecular formula is C18H35N3. The van der Waals surface area contributed by atoms with E-state index in [1.54, 1.807) is 0 Å². The minimum Gasteiger partial charge on any atom is -0.316 e. The van der Waals surface area contributed by atoms with Crippen LogP contribution in [0.1, 0.15) is 65.4 Å². The van der Waals surface area contributed by atoms with Crippen molar-refractivity contribution in [1.82, 2.24) is 15.1 Å². The van der Waals surface area contributed by atoms with Gasteiger partial charge in [-0.15, -0.1) is 0 Å². The Morgan fingerprint density at radius 2 is 2.05 bits per heavy atom. The number of hydrogen-bond donors (Lipinski definition) is 1. The number of unbranched alkanes of at least 4 members (excludes halogenated alkanes) is 1. The summed E-state index contributed by atoms with van der Waals surface area (Å²) < 4.78 is 1.91. The average Bonchev–Trinajstić information content (AvgIpc) is 2.87. The van der Waals surface area contributed by atoms with Crippen LogP contribution in [0, 0.1) is 11.3 Å². The first-order chi connectivity index (χ1) is 10.0. The molecule has 0 radical (unpaired) electrons. The summed E-state index contributed by atoms with van der Waals surface area (Å²) in [6, 6.07) is 0. The maximum absolute atomic E-state index is 4.29. The molecule has 0 spiro atoms. The highest BCUT2D eigenvalue weighted by atomic mass is 15.2. The number of hydrogen-bond acceptors (Lipinski definition) is 2. The third kappa shape index (κ3) is 6.64. The van der Waals surface area contributed by atoms with Crippen molar-refractivity contribution < 1.29 is 0 Å². The molecule has 3 heteroatoms. The predicted octanol–water partition coefficient (Wildman–Crippen LogP) is 4.18. The maximum Gasteiger partial charge on any atom is 0.0521 e. The largest absolute Gasteiger partial charge is 0.316 e. The van der Waals surface area contributed by atoms with Crippen molar-refractivity contribution in [3.05, 3.63) is 18.0 Å². The third-order valence-electron chi connectivity index (χ3n) is 4.57. The quantitative estimate of drug-likeness (QED) is 0.663. The lowest BCUT2D eigenvalue weighted by Gasteiger charge is -2.34. The van der Waals surface area contributed by atoms with E-state index in [0.717, 1.165) is 25.4 Å². The van der Waals surface area contributed by atoms with Gasteiger partial charge < -0.3 is 5.32 Å². The molecule has 0 aliphatic heterocycles. The van der Waals surface area contributed by atoms with Gasteiger partial charge in [0, 0.05) is 19.8 Å². The number of nitrogens with one attached hydrogen (secondary N) is 1. The van der Waals surface area contributed by atoms with Crippen LogP contribution in [-0.2, 0) is 13.5 Å². The molecule has 0 aliphatic rings. The van der Waals surface area contributed by atoms with Crippen molar-refractivity contribution in [2.24, 2.45) is 18.4 Å². The molecule has 1 N–H and O–H groups in total. The fraction of sp³-hybridized carbons (Fsp3) is 0.833. The second-order valence-electron chi connectivity index (χ2n) is 7.00. The molecule has 0 saturated heterocycles. The second-order valence-corrected chi connectivity index (χ2v) is 7.00. The normalized spacial score (nSPS) is 14.6.